The van der Waals surface area contributed by atoms with Gasteiger partial charge in [-0.2, -0.15) is 0 Å². The first kappa shape index (κ1) is 15.3. The fourth-order valence-electron chi connectivity index (χ4n) is 2.06. The number of halogens is 1. The number of hydrogen-bond donors (Lipinski definition) is 1. The Bertz CT molecular complexity index is 849. The third kappa shape index (κ3) is 2.98. The molecule has 3 aromatic rings. The van der Waals surface area contributed by atoms with Crippen LogP contribution in [0, 0.1) is 26.6 Å². The van der Waals surface area contributed by atoms with Crippen LogP contribution in [0.15, 0.2) is 24.3 Å². The largest absolute Gasteiger partial charge is 0.296 e. The van der Waals surface area contributed by atoms with Crippen molar-refractivity contribution in [3.63, 3.8) is 0 Å². The molecule has 3 rings (SSSR count). The molecular formula is C15H14FN5OS. The fraction of sp³-hybridized carbons (Fsp3) is 0.200. The summed E-state index contributed by atoms with van der Waals surface area (Å²) in [5.41, 5.74) is 2.22. The van der Waals surface area contributed by atoms with Crippen LogP contribution < -0.4 is 5.32 Å². The van der Waals surface area contributed by atoms with Crippen molar-refractivity contribution in [1.82, 2.24) is 20.0 Å². The molecule has 0 aliphatic carbocycles. The number of hydrogen-bond acceptors (Lipinski definition) is 5. The van der Waals surface area contributed by atoms with Crippen molar-refractivity contribution in [3.05, 3.63) is 52.0 Å². The van der Waals surface area contributed by atoms with Gasteiger partial charge in [0, 0.05) is 4.88 Å². The van der Waals surface area contributed by atoms with Crippen LogP contribution in [0.25, 0.3) is 5.69 Å². The average molecular weight is 331 g/mol. The molecule has 0 unspecified atom stereocenters. The number of anilines is 1. The number of nitrogens with one attached hydrogen (secondary N) is 1. The highest BCUT2D eigenvalue weighted by molar-refractivity contribution is 7.15. The van der Waals surface area contributed by atoms with Gasteiger partial charge in [-0.25, -0.2) is 14.1 Å². The van der Waals surface area contributed by atoms with E-state index in [1.807, 2.05) is 13.8 Å². The standard InChI is InChI=1S/C15H14FN5OS/c1-8-10(3)23-15(17-8)18-14(22)13-9(2)19-20-21(13)12-6-4-11(16)5-7-12/h4-7H,1-3H3,(H,17,18,22). The highest BCUT2D eigenvalue weighted by Gasteiger charge is 2.20. The molecule has 0 bridgehead atoms. The number of benzene rings is 1. The van der Waals surface area contributed by atoms with E-state index in [1.54, 1.807) is 6.92 Å². The zero-order valence-corrected chi connectivity index (χ0v) is 13.6. The van der Waals surface area contributed by atoms with E-state index in [1.165, 1.54) is 40.3 Å². The lowest BCUT2D eigenvalue weighted by Crippen LogP contribution is -2.18. The minimum Gasteiger partial charge on any atom is -0.296 e. The maximum Gasteiger partial charge on any atom is 0.278 e. The second-order valence-corrected chi connectivity index (χ2v) is 6.23. The summed E-state index contributed by atoms with van der Waals surface area (Å²) in [6.07, 6.45) is 0. The third-order valence-electron chi connectivity index (χ3n) is 3.37. The van der Waals surface area contributed by atoms with Gasteiger partial charge in [0.2, 0.25) is 0 Å². The van der Waals surface area contributed by atoms with Crippen molar-refractivity contribution in [2.45, 2.75) is 20.8 Å². The first-order chi connectivity index (χ1) is 11.0. The van der Waals surface area contributed by atoms with Crippen molar-refractivity contribution >= 4 is 22.4 Å². The Balaban J connectivity index is 1.94. The Labute approximate surface area is 136 Å². The summed E-state index contributed by atoms with van der Waals surface area (Å²) in [7, 11) is 0. The molecule has 118 valence electrons. The van der Waals surface area contributed by atoms with Gasteiger partial charge in [0.15, 0.2) is 10.8 Å². The van der Waals surface area contributed by atoms with Crippen molar-refractivity contribution in [2.75, 3.05) is 5.32 Å². The number of nitrogens with zero attached hydrogens (tertiary/aromatic N) is 4. The Kier molecular flexibility index (Phi) is 3.91. The highest BCUT2D eigenvalue weighted by Crippen LogP contribution is 2.22. The van der Waals surface area contributed by atoms with E-state index >= 15 is 0 Å². The first-order valence-electron chi connectivity index (χ1n) is 6.89. The van der Waals surface area contributed by atoms with E-state index in [-0.39, 0.29) is 11.7 Å². The van der Waals surface area contributed by atoms with Crippen LogP contribution >= 0.6 is 11.3 Å². The molecule has 0 fully saturated rings. The summed E-state index contributed by atoms with van der Waals surface area (Å²) >= 11 is 1.41. The molecule has 6 nitrogen and oxygen atoms in total. The van der Waals surface area contributed by atoms with E-state index < -0.39 is 0 Å². The zero-order chi connectivity index (χ0) is 16.6. The van der Waals surface area contributed by atoms with Crippen LogP contribution in [0.3, 0.4) is 0 Å². The van der Waals surface area contributed by atoms with Gasteiger partial charge in [-0.05, 0) is 45.0 Å². The second kappa shape index (κ2) is 5.88. The molecule has 1 amide bonds. The van der Waals surface area contributed by atoms with Crippen LogP contribution in [-0.4, -0.2) is 25.9 Å². The summed E-state index contributed by atoms with van der Waals surface area (Å²) in [6, 6.07) is 5.69. The molecule has 0 atom stereocenters. The SMILES string of the molecule is Cc1nc(NC(=O)c2c(C)nnn2-c2ccc(F)cc2)sc1C. The van der Waals surface area contributed by atoms with Gasteiger partial charge in [-0.3, -0.25) is 10.1 Å². The van der Waals surface area contributed by atoms with Crippen LogP contribution in [-0.2, 0) is 0 Å². The summed E-state index contributed by atoms with van der Waals surface area (Å²) in [5, 5.41) is 11.2. The van der Waals surface area contributed by atoms with Gasteiger partial charge in [0.25, 0.3) is 5.91 Å². The molecule has 2 aromatic heterocycles. The molecule has 1 aromatic carbocycles. The number of rotatable bonds is 3. The predicted octanol–water partition coefficient (Wildman–Crippen LogP) is 3.04. The number of carbonyl (C=O) groups excluding carboxylic acids is 1. The molecule has 23 heavy (non-hydrogen) atoms. The number of amides is 1. The normalized spacial score (nSPS) is 10.8. The molecule has 0 radical (unpaired) electrons. The highest BCUT2D eigenvalue weighted by atomic mass is 32.1. The monoisotopic (exact) mass is 331 g/mol. The molecule has 2 heterocycles. The molecule has 0 aliphatic rings. The summed E-state index contributed by atoms with van der Waals surface area (Å²) in [5.74, 6) is -0.712. The number of aromatic nitrogens is 4. The minimum atomic E-state index is -0.356. The lowest BCUT2D eigenvalue weighted by atomic mass is 10.2. The fourth-order valence-corrected chi connectivity index (χ4v) is 2.87. The topological polar surface area (TPSA) is 72.7 Å². The zero-order valence-electron chi connectivity index (χ0n) is 12.8. The van der Waals surface area contributed by atoms with Gasteiger partial charge < -0.3 is 0 Å². The molecule has 0 saturated carbocycles. The Morgan fingerprint density at radius 1 is 1.17 bits per heavy atom. The van der Waals surface area contributed by atoms with Gasteiger partial charge in [0.05, 0.1) is 17.1 Å². The minimum absolute atomic E-state index is 0.294. The van der Waals surface area contributed by atoms with Crippen LogP contribution in [0.4, 0.5) is 9.52 Å². The van der Waals surface area contributed by atoms with Crippen molar-refractivity contribution in [3.8, 4) is 5.69 Å². The smallest absolute Gasteiger partial charge is 0.278 e. The lowest BCUT2D eigenvalue weighted by molar-refractivity contribution is 0.101. The quantitative estimate of drug-likeness (QED) is 0.800. The van der Waals surface area contributed by atoms with E-state index in [0.29, 0.717) is 22.2 Å². The molecule has 8 heteroatoms. The summed E-state index contributed by atoms with van der Waals surface area (Å²) < 4.78 is 14.4. The number of thiazole rings is 1. The van der Waals surface area contributed by atoms with Crippen molar-refractivity contribution < 1.29 is 9.18 Å². The maximum atomic E-state index is 13.1. The second-order valence-electron chi connectivity index (χ2n) is 5.03. The van der Waals surface area contributed by atoms with Crippen LogP contribution in [0.1, 0.15) is 26.8 Å². The molecule has 0 spiro atoms. The van der Waals surface area contributed by atoms with E-state index in [0.717, 1.165) is 10.6 Å². The Morgan fingerprint density at radius 2 is 1.87 bits per heavy atom. The molecule has 1 N–H and O–H groups in total. The van der Waals surface area contributed by atoms with Crippen molar-refractivity contribution in [1.29, 1.82) is 0 Å². The van der Waals surface area contributed by atoms with Gasteiger partial charge in [0.1, 0.15) is 5.82 Å². The summed E-state index contributed by atoms with van der Waals surface area (Å²) in [6.45, 7) is 5.52. The summed E-state index contributed by atoms with van der Waals surface area (Å²) in [4.78, 5) is 17.9. The average Bonchev–Trinajstić information content (AvgIpc) is 3.03. The maximum absolute atomic E-state index is 13.1. The number of carbonyl (C=O) groups is 1. The van der Waals surface area contributed by atoms with E-state index in [2.05, 4.69) is 20.6 Å². The molecular weight excluding hydrogens is 317 g/mol. The van der Waals surface area contributed by atoms with Gasteiger partial charge in [-0.15, -0.1) is 16.4 Å². The van der Waals surface area contributed by atoms with E-state index in [9.17, 15) is 9.18 Å². The van der Waals surface area contributed by atoms with Crippen LogP contribution in [0.2, 0.25) is 0 Å². The lowest BCUT2D eigenvalue weighted by Gasteiger charge is -2.06. The van der Waals surface area contributed by atoms with Crippen LogP contribution in [0.5, 0.6) is 0 Å². The van der Waals surface area contributed by atoms with Crippen molar-refractivity contribution in [2.24, 2.45) is 0 Å². The predicted molar refractivity (Wildman–Crippen MR) is 85.6 cm³/mol. The van der Waals surface area contributed by atoms with E-state index in [4.69, 9.17) is 0 Å². The number of aryl methyl sites for hydroxylation is 3. The first-order valence-corrected chi connectivity index (χ1v) is 7.71. The molecule has 0 saturated heterocycles. The van der Waals surface area contributed by atoms with Gasteiger partial charge >= 0.3 is 0 Å². The third-order valence-corrected chi connectivity index (χ3v) is 4.36. The Morgan fingerprint density at radius 3 is 2.48 bits per heavy atom. The van der Waals surface area contributed by atoms with Gasteiger partial charge in [-0.1, -0.05) is 5.21 Å². The molecule has 0 aliphatic heterocycles. The Hall–Kier alpha value is -2.61.